The smallest absolute Gasteiger partial charge is 0.305 e. The number of carbonyl (C=O) groups excluding carboxylic acids is 2. The number of carbonyl (C=O) groups is 3. The Balaban J connectivity index is 2.66. The maximum absolute atomic E-state index is 12.0. The molecule has 1 heterocycles. The van der Waals surface area contributed by atoms with E-state index in [1.54, 1.807) is 11.8 Å². The molecular weight excluding hydrogens is 262 g/mol. The number of primary amides is 1. The average Bonchev–Trinajstić information content (AvgIpc) is 2.38. The van der Waals surface area contributed by atoms with E-state index >= 15 is 0 Å². The third-order valence-electron chi connectivity index (χ3n) is 3.49. The highest BCUT2D eigenvalue weighted by Gasteiger charge is 2.28. The topological polar surface area (TPSA) is 104 Å². The molecule has 1 fully saturated rings. The molecule has 0 saturated carbocycles. The Hall–Kier alpha value is -1.63. The lowest BCUT2D eigenvalue weighted by molar-refractivity contribution is -0.139. The largest absolute Gasteiger partial charge is 0.481 e. The van der Waals surface area contributed by atoms with Gasteiger partial charge < -0.3 is 15.7 Å². The minimum Gasteiger partial charge on any atom is -0.481 e. The number of nitrogens with two attached hydrogens (primary N) is 1. The fourth-order valence-electron chi connectivity index (χ4n) is 2.58. The van der Waals surface area contributed by atoms with Crippen molar-refractivity contribution in [2.24, 2.45) is 5.73 Å². The first-order chi connectivity index (χ1) is 9.43. The van der Waals surface area contributed by atoms with Crippen LogP contribution in [0.25, 0.3) is 0 Å². The molecule has 0 radical (unpaired) electrons. The van der Waals surface area contributed by atoms with Gasteiger partial charge in [-0.1, -0.05) is 6.92 Å². The van der Waals surface area contributed by atoms with E-state index < -0.39 is 5.97 Å². The maximum Gasteiger partial charge on any atom is 0.305 e. The van der Waals surface area contributed by atoms with Gasteiger partial charge in [-0.05, 0) is 19.4 Å². The van der Waals surface area contributed by atoms with E-state index in [0.29, 0.717) is 13.0 Å². The summed E-state index contributed by atoms with van der Waals surface area (Å²) < 4.78 is 0. The Labute approximate surface area is 118 Å². The quantitative estimate of drug-likeness (QED) is 0.665. The van der Waals surface area contributed by atoms with E-state index in [-0.39, 0.29) is 37.4 Å². The molecule has 0 aromatic rings. The Bertz CT molecular complexity index is 373. The van der Waals surface area contributed by atoms with Gasteiger partial charge in [0, 0.05) is 25.6 Å². The van der Waals surface area contributed by atoms with Crippen LogP contribution in [0.1, 0.15) is 32.6 Å². The summed E-state index contributed by atoms with van der Waals surface area (Å²) >= 11 is 0. The Kier molecular flexibility index (Phi) is 6.44. The lowest BCUT2D eigenvalue weighted by atomic mass is 10.0. The van der Waals surface area contributed by atoms with Gasteiger partial charge in [-0.3, -0.25) is 19.3 Å². The summed E-state index contributed by atoms with van der Waals surface area (Å²) in [6.45, 7) is 3.53. The van der Waals surface area contributed by atoms with Crippen molar-refractivity contribution in [1.82, 2.24) is 9.80 Å². The average molecular weight is 285 g/mol. The number of rotatable bonds is 7. The molecule has 1 aliphatic rings. The van der Waals surface area contributed by atoms with Gasteiger partial charge in [-0.25, -0.2) is 0 Å². The standard InChI is InChI=1S/C13H23N3O4/c1-2-12(18)16(7-5-13(19)20)10-4-3-6-15(8-10)9-11(14)17/h10H,2-9H2,1H3,(H2,14,17)(H,19,20). The molecule has 0 bridgehead atoms. The zero-order valence-corrected chi connectivity index (χ0v) is 11.9. The molecule has 0 aromatic heterocycles. The van der Waals surface area contributed by atoms with Gasteiger partial charge in [-0.15, -0.1) is 0 Å². The maximum atomic E-state index is 12.0. The lowest BCUT2D eigenvalue weighted by Gasteiger charge is -2.38. The molecular formula is C13H23N3O4. The van der Waals surface area contributed by atoms with E-state index in [4.69, 9.17) is 10.8 Å². The molecule has 1 unspecified atom stereocenters. The van der Waals surface area contributed by atoms with Gasteiger partial charge in [0.15, 0.2) is 0 Å². The van der Waals surface area contributed by atoms with Crippen molar-refractivity contribution >= 4 is 17.8 Å². The monoisotopic (exact) mass is 285 g/mol. The summed E-state index contributed by atoms with van der Waals surface area (Å²) in [6.07, 6.45) is 2.00. The van der Waals surface area contributed by atoms with Crippen molar-refractivity contribution in [1.29, 1.82) is 0 Å². The molecule has 1 atom stereocenters. The van der Waals surface area contributed by atoms with Crippen LogP contribution >= 0.6 is 0 Å². The van der Waals surface area contributed by atoms with E-state index in [1.165, 1.54) is 0 Å². The van der Waals surface area contributed by atoms with Gasteiger partial charge >= 0.3 is 5.97 Å². The van der Waals surface area contributed by atoms with Crippen LogP contribution in [0.2, 0.25) is 0 Å². The summed E-state index contributed by atoms with van der Waals surface area (Å²) in [4.78, 5) is 37.2. The predicted molar refractivity (Wildman–Crippen MR) is 72.9 cm³/mol. The number of aliphatic carboxylic acids is 1. The number of amides is 2. The van der Waals surface area contributed by atoms with Crippen LogP contribution in [-0.2, 0) is 14.4 Å². The number of carboxylic acids is 1. The molecule has 2 amide bonds. The molecule has 7 heteroatoms. The van der Waals surface area contributed by atoms with E-state index in [0.717, 1.165) is 19.4 Å². The van der Waals surface area contributed by atoms with Crippen LogP contribution in [0.3, 0.4) is 0 Å². The van der Waals surface area contributed by atoms with Crippen molar-refractivity contribution in [3.63, 3.8) is 0 Å². The molecule has 1 rings (SSSR count). The van der Waals surface area contributed by atoms with Crippen LogP contribution in [0.4, 0.5) is 0 Å². The highest BCUT2D eigenvalue weighted by atomic mass is 16.4. The highest BCUT2D eigenvalue weighted by Crippen LogP contribution is 2.17. The normalized spacial score (nSPS) is 19.6. The van der Waals surface area contributed by atoms with E-state index in [2.05, 4.69) is 0 Å². The first-order valence-corrected chi connectivity index (χ1v) is 6.96. The zero-order valence-electron chi connectivity index (χ0n) is 11.9. The fourth-order valence-corrected chi connectivity index (χ4v) is 2.58. The number of hydrogen-bond donors (Lipinski definition) is 2. The summed E-state index contributed by atoms with van der Waals surface area (Å²) in [6, 6.07) is -0.0325. The summed E-state index contributed by atoms with van der Waals surface area (Å²) in [5.41, 5.74) is 5.19. The second-order valence-electron chi connectivity index (χ2n) is 5.08. The minimum atomic E-state index is -0.913. The lowest BCUT2D eigenvalue weighted by Crippen LogP contribution is -2.52. The molecule has 3 N–H and O–H groups in total. The summed E-state index contributed by atoms with van der Waals surface area (Å²) in [5.74, 6) is -1.34. The molecule has 20 heavy (non-hydrogen) atoms. The molecule has 1 saturated heterocycles. The van der Waals surface area contributed by atoms with Gasteiger partial charge in [0.05, 0.1) is 13.0 Å². The summed E-state index contributed by atoms with van der Waals surface area (Å²) in [5, 5.41) is 8.78. The SMILES string of the molecule is CCC(=O)N(CCC(=O)O)C1CCCN(CC(N)=O)C1. The first kappa shape index (κ1) is 16.4. The Morgan fingerprint density at radius 1 is 1.40 bits per heavy atom. The molecule has 7 nitrogen and oxygen atoms in total. The van der Waals surface area contributed by atoms with Crippen LogP contribution in [0, 0.1) is 0 Å². The number of likely N-dealkylation sites (tertiary alicyclic amines) is 1. The van der Waals surface area contributed by atoms with Crippen LogP contribution in [-0.4, -0.2) is 64.9 Å². The summed E-state index contributed by atoms with van der Waals surface area (Å²) in [7, 11) is 0. The number of nitrogens with zero attached hydrogens (tertiary/aromatic N) is 2. The Morgan fingerprint density at radius 3 is 2.65 bits per heavy atom. The van der Waals surface area contributed by atoms with Gasteiger partial charge in [-0.2, -0.15) is 0 Å². The molecule has 114 valence electrons. The van der Waals surface area contributed by atoms with Crippen molar-refractivity contribution in [3.05, 3.63) is 0 Å². The highest BCUT2D eigenvalue weighted by molar-refractivity contribution is 5.77. The third kappa shape index (κ3) is 5.16. The molecule has 1 aliphatic heterocycles. The van der Waals surface area contributed by atoms with Gasteiger partial charge in [0.25, 0.3) is 0 Å². The second-order valence-corrected chi connectivity index (χ2v) is 5.08. The van der Waals surface area contributed by atoms with E-state index in [9.17, 15) is 14.4 Å². The molecule has 0 aliphatic carbocycles. The van der Waals surface area contributed by atoms with Crippen molar-refractivity contribution in [2.75, 3.05) is 26.2 Å². The van der Waals surface area contributed by atoms with Crippen molar-refractivity contribution in [2.45, 2.75) is 38.6 Å². The van der Waals surface area contributed by atoms with Crippen LogP contribution in [0.5, 0.6) is 0 Å². The Morgan fingerprint density at radius 2 is 2.10 bits per heavy atom. The zero-order chi connectivity index (χ0) is 15.1. The van der Waals surface area contributed by atoms with Gasteiger partial charge in [0.1, 0.15) is 0 Å². The van der Waals surface area contributed by atoms with Gasteiger partial charge in [0.2, 0.25) is 11.8 Å². The third-order valence-corrected chi connectivity index (χ3v) is 3.49. The fraction of sp³-hybridized carbons (Fsp3) is 0.769. The van der Waals surface area contributed by atoms with Crippen molar-refractivity contribution in [3.8, 4) is 0 Å². The first-order valence-electron chi connectivity index (χ1n) is 6.96. The number of carboxylic acid groups (broad SMARTS) is 1. The van der Waals surface area contributed by atoms with Crippen molar-refractivity contribution < 1.29 is 19.5 Å². The molecule has 0 spiro atoms. The minimum absolute atomic E-state index is 0.0325. The second kappa shape index (κ2) is 7.84. The number of hydrogen-bond acceptors (Lipinski definition) is 4. The van der Waals surface area contributed by atoms with Crippen LogP contribution < -0.4 is 5.73 Å². The van der Waals surface area contributed by atoms with Crippen LogP contribution in [0.15, 0.2) is 0 Å². The predicted octanol–water partition coefficient (Wildman–Crippen LogP) is -0.351. The van der Waals surface area contributed by atoms with E-state index in [1.807, 2.05) is 4.90 Å². The number of piperidine rings is 1. The molecule has 0 aromatic carbocycles.